The van der Waals surface area contributed by atoms with Crippen molar-refractivity contribution in [2.24, 2.45) is 0 Å². The van der Waals surface area contributed by atoms with Crippen LogP contribution in [-0.4, -0.2) is 44.6 Å². The average molecular weight is 387 g/mol. The summed E-state index contributed by atoms with van der Waals surface area (Å²) in [6, 6.07) is 17.6. The van der Waals surface area contributed by atoms with E-state index >= 15 is 0 Å². The molecule has 2 atom stereocenters. The van der Waals surface area contributed by atoms with Crippen LogP contribution in [0.15, 0.2) is 54.6 Å². The molecule has 0 aromatic heterocycles. The van der Waals surface area contributed by atoms with Crippen LogP contribution in [0.1, 0.15) is 40.9 Å². The number of rotatable bonds is 6. The largest absolute Gasteiger partial charge is 0.348 e. The van der Waals surface area contributed by atoms with Gasteiger partial charge in [0.2, 0.25) is 0 Å². The van der Waals surface area contributed by atoms with E-state index in [1.807, 2.05) is 6.07 Å². The lowest BCUT2D eigenvalue weighted by Crippen LogP contribution is -2.37. The van der Waals surface area contributed by atoms with Gasteiger partial charge in [0.1, 0.15) is 0 Å². The number of carbonyl (C=O) groups excluding carboxylic acids is 1. The molecule has 6 heteroatoms. The zero-order chi connectivity index (χ0) is 19.4. The van der Waals surface area contributed by atoms with Gasteiger partial charge in [-0.15, -0.1) is 0 Å². The second kappa shape index (κ2) is 8.23. The van der Waals surface area contributed by atoms with Gasteiger partial charge in [-0.1, -0.05) is 42.5 Å². The van der Waals surface area contributed by atoms with Crippen molar-refractivity contribution >= 4 is 15.7 Å². The van der Waals surface area contributed by atoms with E-state index in [4.69, 9.17) is 0 Å². The normalized spacial score (nSPS) is 19.0. The molecule has 1 fully saturated rings. The van der Waals surface area contributed by atoms with Gasteiger partial charge in [0.25, 0.3) is 5.91 Å². The molecule has 1 aliphatic heterocycles. The standard InChI is InChI=1S/C21H26N2O3S/c1-16(18-6-4-3-5-7-18)23-13-12-20(14-23)22-21(24)19-10-8-17(9-11-19)15-27(2,25)26/h3-11,16,20H,12-15H2,1-2H3,(H,22,24)/t16-,20+/m0/s1. The molecule has 1 saturated heterocycles. The third-order valence-electron chi connectivity index (χ3n) is 5.03. The Kier molecular flexibility index (Phi) is 5.97. The topological polar surface area (TPSA) is 66.5 Å². The van der Waals surface area contributed by atoms with Crippen molar-refractivity contribution < 1.29 is 13.2 Å². The lowest BCUT2D eigenvalue weighted by atomic mass is 10.1. The molecular formula is C21H26N2O3S. The maximum absolute atomic E-state index is 12.5. The minimum absolute atomic E-state index is 0.0101. The Bertz CT molecular complexity index is 879. The highest BCUT2D eigenvalue weighted by molar-refractivity contribution is 7.89. The summed E-state index contributed by atoms with van der Waals surface area (Å²) in [5, 5.41) is 3.10. The Labute approximate surface area is 161 Å². The van der Waals surface area contributed by atoms with Gasteiger partial charge >= 0.3 is 0 Å². The van der Waals surface area contributed by atoms with Crippen LogP contribution in [-0.2, 0) is 15.6 Å². The molecule has 1 aliphatic rings. The first-order valence-corrected chi connectivity index (χ1v) is 11.2. The smallest absolute Gasteiger partial charge is 0.251 e. The van der Waals surface area contributed by atoms with E-state index in [-0.39, 0.29) is 17.7 Å². The van der Waals surface area contributed by atoms with Gasteiger partial charge in [-0.2, -0.15) is 0 Å². The lowest BCUT2D eigenvalue weighted by molar-refractivity contribution is 0.0936. The number of benzene rings is 2. The molecule has 0 bridgehead atoms. The van der Waals surface area contributed by atoms with Gasteiger partial charge in [-0.05, 0) is 36.6 Å². The van der Waals surface area contributed by atoms with Gasteiger partial charge < -0.3 is 5.32 Å². The van der Waals surface area contributed by atoms with Crippen LogP contribution >= 0.6 is 0 Å². The zero-order valence-electron chi connectivity index (χ0n) is 15.8. The van der Waals surface area contributed by atoms with E-state index in [9.17, 15) is 13.2 Å². The van der Waals surface area contributed by atoms with Crippen LogP contribution in [0.2, 0.25) is 0 Å². The van der Waals surface area contributed by atoms with Crippen LogP contribution in [0, 0.1) is 0 Å². The number of hydrogen-bond donors (Lipinski definition) is 1. The molecule has 0 unspecified atom stereocenters. The first kappa shape index (κ1) is 19.6. The summed E-state index contributed by atoms with van der Waals surface area (Å²) in [6.45, 7) is 3.97. The summed E-state index contributed by atoms with van der Waals surface area (Å²) >= 11 is 0. The lowest BCUT2D eigenvalue weighted by Gasteiger charge is -2.24. The van der Waals surface area contributed by atoms with E-state index in [2.05, 4.69) is 41.4 Å². The quantitative estimate of drug-likeness (QED) is 0.829. The molecule has 144 valence electrons. The maximum atomic E-state index is 12.5. The average Bonchev–Trinajstić information content (AvgIpc) is 3.09. The first-order valence-electron chi connectivity index (χ1n) is 9.18. The third kappa shape index (κ3) is 5.40. The van der Waals surface area contributed by atoms with Crippen LogP contribution in [0.5, 0.6) is 0 Å². The first-order chi connectivity index (χ1) is 12.8. The van der Waals surface area contributed by atoms with Crippen LogP contribution in [0.3, 0.4) is 0 Å². The molecule has 5 nitrogen and oxygen atoms in total. The predicted molar refractivity (Wildman–Crippen MR) is 107 cm³/mol. The Hall–Kier alpha value is -2.18. The Morgan fingerprint density at radius 3 is 2.44 bits per heavy atom. The maximum Gasteiger partial charge on any atom is 0.251 e. The van der Waals surface area contributed by atoms with E-state index in [1.165, 1.54) is 11.8 Å². The van der Waals surface area contributed by atoms with Gasteiger partial charge in [0.15, 0.2) is 9.84 Å². The molecule has 2 aromatic rings. The molecule has 3 rings (SSSR count). The Balaban J connectivity index is 1.56. The summed E-state index contributed by atoms with van der Waals surface area (Å²) in [6.07, 6.45) is 2.13. The Morgan fingerprint density at radius 1 is 1.15 bits per heavy atom. The molecule has 0 spiro atoms. The Morgan fingerprint density at radius 2 is 1.81 bits per heavy atom. The molecular weight excluding hydrogens is 360 g/mol. The van der Waals surface area contributed by atoms with E-state index in [1.54, 1.807) is 24.3 Å². The molecule has 0 radical (unpaired) electrons. The van der Waals surface area contributed by atoms with Crippen LogP contribution in [0.4, 0.5) is 0 Å². The second-order valence-electron chi connectivity index (χ2n) is 7.31. The van der Waals surface area contributed by atoms with Gasteiger partial charge in [0.05, 0.1) is 5.75 Å². The highest BCUT2D eigenvalue weighted by atomic mass is 32.2. The number of nitrogens with one attached hydrogen (secondary N) is 1. The fourth-order valence-electron chi connectivity index (χ4n) is 3.52. The van der Waals surface area contributed by atoms with Gasteiger partial charge in [-0.25, -0.2) is 8.42 Å². The third-order valence-corrected chi connectivity index (χ3v) is 5.89. The predicted octanol–water partition coefficient (Wildman–Crippen LogP) is 2.80. The van der Waals surface area contributed by atoms with Crippen molar-refractivity contribution in [1.82, 2.24) is 10.2 Å². The SMILES string of the molecule is C[C@@H](c1ccccc1)N1CC[C@@H](NC(=O)c2ccc(CS(C)(=O)=O)cc2)C1. The van der Waals surface area contributed by atoms with Crippen molar-refractivity contribution in [2.45, 2.75) is 31.2 Å². The molecule has 2 aromatic carbocycles. The molecule has 1 N–H and O–H groups in total. The highest BCUT2D eigenvalue weighted by Crippen LogP contribution is 2.24. The highest BCUT2D eigenvalue weighted by Gasteiger charge is 2.27. The summed E-state index contributed by atoms with van der Waals surface area (Å²) in [4.78, 5) is 14.9. The van der Waals surface area contributed by atoms with Crippen molar-refractivity contribution in [3.63, 3.8) is 0 Å². The zero-order valence-corrected chi connectivity index (χ0v) is 16.6. The number of carbonyl (C=O) groups is 1. The molecule has 1 heterocycles. The minimum Gasteiger partial charge on any atom is -0.348 e. The molecule has 1 amide bonds. The van der Waals surface area contributed by atoms with Crippen molar-refractivity contribution in [2.75, 3.05) is 19.3 Å². The number of nitrogens with zero attached hydrogens (tertiary/aromatic N) is 1. The van der Waals surface area contributed by atoms with Gasteiger partial charge in [0, 0.05) is 37.0 Å². The summed E-state index contributed by atoms with van der Waals surface area (Å²) < 4.78 is 22.7. The molecule has 0 saturated carbocycles. The van der Waals surface area contributed by atoms with E-state index in [0.717, 1.165) is 19.5 Å². The van der Waals surface area contributed by atoms with E-state index < -0.39 is 9.84 Å². The second-order valence-corrected chi connectivity index (χ2v) is 9.45. The minimum atomic E-state index is -3.07. The number of amides is 1. The van der Waals surface area contributed by atoms with Gasteiger partial charge in [-0.3, -0.25) is 9.69 Å². The molecule has 0 aliphatic carbocycles. The fourth-order valence-corrected chi connectivity index (χ4v) is 4.32. The number of likely N-dealkylation sites (tertiary alicyclic amines) is 1. The van der Waals surface area contributed by atoms with Crippen molar-refractivity contribution in [3.05, 3.63) is 71.3 Å². The van der Waals surface area contributed by atoms with Crippen molar-refractivity contribution in [1.29, 1.82) is 0 Å². The van der Waals surface area contributed by atoms with Crippen LogP contribution in [0.25, 0.3) is 0 Å². The molecule has 27 heavy (non-hydrogen) atoms. The number of hydrogen-bond acceptors (Lipinski definition) is 4. The van der Waals surface area contributed by atoms with E-state index in [0.29, 0.717) is 17.2 Å². The summed E-state index contributed by atoms with van der Waals surface area (Å²) in [5.41, 5.74) is 2.53. The van der Waals surface area contributed by atoms with Crippen molar-refractivity contribution in [3.8, 4) is 0 Å². The number of sulfone groups is 1. The summed E-state index contributed by atoms with van der Waals surface area (Å²) in [5.74, 6) is -0.121. The fraction of sp³-hybridized carbons (Fsp3) is 0.381. The summed E-state index contributed by atoms with van der Waals surface area (Å²) in [7, 11) is -3.07. The van der Waals surface area contributed by atoms with Crippen LogP contribution < -0.4 is 5.32 Å². The monoisotopic (exact) mass is 386 g/mol.